The molecule has 1 saturated carbocycles. The predicted octanol–water partition coefficient (Wildman–Crippen LogP) is 1.66. The average molecular weight is 152 g/mol. The number of nitrogens with zero attached hydrogens (tertiary/aromatic N) is 1. The quantitative estimate of drug-likeness (QED) is 0.378. The van der Waals surface area contributed by atoms with Crippen molar-refractivity contribution < 1.29 is 0 Å². The summed E-state index contributed by atoms with van der Waals surface area (Å²) in [7, 11) is 1.84. The Kier molecular flexibility index (Phi) is 2.35. The molecule has 1 aliphatic rings. The van der Waals surface area contributed by atoms with Crippen LogP contribution in [-0.2, 0) is 0 Å². The first-order valence-electron chi connectivity index (χ1n) is 3.97. The van der Waals surface area contributed by atoms with Crippen molar-refractivity contribution in [2.45, 2.75) is 19.8 Å². The molecular formula is C9H16N2. The van der Waals surface area contributed by atoms with Crippen molar-refractivity contribution in [3.63, 3.8) is 0 Å². The first-order chi connectivity index (χ1) is 5.11. The van der Waals surface area contributed by atoms with Crippen molar-refractivity contribution in [3.05, 3.63) is 23.9 Å². The molecule has 0 aromatic rings. The lowest BCUT2D eigenvalue weighted by Crippen LogP contribution is -2.23. The van der Waals surface area contributed by atoms with E-state index in [1.54, 1.807) is 5.01 Å². The summed E-state index contributed by atoms with van der Waals surface area (Å²) in [5, 5.41) is 1.62. The fourth-order valence-corrected chi connectivity index (χ4v) is 0.942. The molecule has 2 nitrogen and oxygen atoms in total. The number of hydrogen-bond acceptors (Lipinski definition) is 2. The van der Waals surface area contributed by atoms with Gasteiger partial charge < -0.3 is 5.01 Å². The van der Waals surface area contributed by atoms with Crippen molar-refractivity contribution >= 4 is 0 Å². The third kappa shape index (κ3) is 2.39. The topological polar surface area (TPSA) is 29.3 Å². The summed E-state index contributed by atoms with van der Waals surface area (Å²) in [6, 6.07) is 0. The molecule has 2 N–H and O–H groups in total. The average Bonchev–Trinajstić information content (AvgIpc) is 2.67. The van der Waals surface area contributed by atoms with Gasteiger partial charge in [-0.1, -0.05) is 12.2 Å². The third-order valence-corrected chi connectivity index (χ3v) is 2.05. The molecule has 0 bridgehead atoms. The molecule has 2 heteroatoms. The first-order valence-corrected chi connectivity index (χ1v) is 3.97. The molecule has 0 aromatic carbocycles. The van der Waals surface area contributed by atoms with E-state index in [0.717, 1.165) is 11.6 Å². The van der Waals surface area contributed by atoms with E-state index in [2.05, 4.69) is 12.7 Å². The highest BCUT2D eigenvalue weighted by molar-refractivity contribution is 5.24. The molecule has 0 atom stereocenters. The van der Waals surface area contributed by atoms with Crippen LogP contribution in [0.15, 0.2) is 23.9 Å². The Hall–Kier alpha value is -0.760. The lowest BCUT2D eigenvalue weighted by Gasteiger charge is -2.12. The van der Waals surface area contributed by atoms with Gasteiger partial charge in [0.2, 0.25) is 0 Å². The number of allylic oxidation sites excluding steroid dienone is 3. The van der Waals surface area contributed by atoms with Gasteiger partial charge in [-0.2, -0.15) is 0 Å². The SMILES string of the molecule is C=C(/C=C(/C)N(C)N)C1CC1. The van der Waals surface area contributed by atoms with Gasteiger partial charge in [-0.15, -0.1) is 0 Å². The van der Waals surface area contributed by atoms with Gasteiger partial charge in [0, 0.05) is 12.7 Å². The fraction of sp³-hybridized carbons (Fsp3) is 0.556. The molecule has 0 unspecified atom stereocenters. The summed E-state index contributed by atoms with van der Waals surface area (Å²) < 4.78 is 0. The van der Waals surface area contributed by atoms with Crippen LogP contribution in [0, 0.1) is 5.92 Å². The fourth-order valence-electron chi connectivity index (χ4n) is 0.942. The van der Waals surface area contributed by atoms with Crippen molar-refractivity contribution in [2.75, 3.05) is 7.05 Å². The summed E-state index contributed by atoms with van der Waals surface area (Å²) in [4.78, 5) is 0. The summed E-state index contributed by atoms with van der Waals surface area (Å²) in [5.41, 5.74) is 2.29. The summed E-state index contributed by atoms with van der Waals surface area (Å²) in [5.74, 6) is 6.27. The number of hydrazine groups is 1. The first kappa shape index (κ1) is 8.34. The highest BCUT2D eigenvalue weighted by atomic mass is 15.4. The standard InChI is InChI=1S/C9H16N2/c1-7(9-4-5-9)6-8(2)11(3)10/h6,9H,1,4-5,10H2,2-3H3/b8-6-. The Morgan fingerprint density at radius 2 is 2.18 bits per heavy atom. The molecule has 0 heterocycles. The van der Waals surface area contributed by atoms with Gasteiger partial charge in [-0.25, -0.2) is 5.84 Å². The maximum atomic E-state index is 5.53. The maximum absolute atomic E-state index is 5.53. The highest BCUT2D eigenvalue weighted by Crippen LogP contribution is 2.36. The Labute approximate surface area is 68.3 Å². The largest absolute Gasteiger partial charge is 0.318 e. The van der Waals surface area contributed by atoms with Crippen molar-refractivity contribution in [3.8, 4) is 0 Å². The molecule has 1 fully saturated rings. The molecule has 62 valence electrons. The van der Waals surface area contributed by atoms with Gasteiger partial charge >= 0.3 is 0 Å². The van der Waals surface area contributed by atoms with Crippen molar-refractivity contribution in [2.24, 2.45) is 11.8 Å². The van der Waals surface area contributed by atoms with E-state index in [9.17, 15) is 0 Å². The molecule has 0 aromatic heterocycles. The second-order valence-electron chi connectivity index (χ2n) is 3.25. The van der Waals surface area contributed by atoms with E-state index >= 15 is 0 Å². The monoisotopic (exact) mass is 152 g/mol. The smallest absolute Gasteiger partial charge is 0.0259 e. The Morgan fingerprint density at radius 3 is 2.55 bits per heavy atom. The molecule has 0 amide bonds. The molecular weight excluding hydrogens is 136 g/mol. The van der Waals surface area contributed by atoms with E-state index < -0.39 is 0 Å². The van der Waals surface area contributed by atoms with Crippen LogP contribution in [0.25, 0.3) is 0 Å². The third-order valence-electron chi connectivity index (χ3n) is 2.05. The second-order valence-corrected chi connectivity index (χ2v) is 3.25. The molecule has 0 aliphatic heterocycles. The van der Waals surface area contributed by atoms with Crippen LogP contribution in [-0.4, -0.2) is 12.1 Å². The van der Waals surface area contributed by atoms with Crippen LogP contribution in [0.2, 0.25) is 0 Å². The summed E-state index contributed by atoms with van der Waals surface area (Å²) in [6.45, 7) is 5.97. The lowest BCUT2D eigenvalue weighted by atomic mass is 10.1. The Morgan fingerprint density at radius 1 is 1.64 bits per heavy atom. The maximum Gasteiger partial charge on any atom is 0.0259 e. The Bertz CT molecular complexity index is 188. The van der Waals surface area contributed by atoms with Crippen LogP contribution in [0.5, 0.6) is 0 Å². The Balaban J connectivity index is 2.48. The van der Waals surface area contributed by atoms with Crippen LogP contribution in [0.4, 0.5) is 0 Å². The van der Waals surface area contributed by atoms with E-state index in [0.29, 0.717) is 0 Å². The molecule has 11 heavy (non-hydrogen) atoms. The summed E-state index contributed by atoms with van der Waals surface area (Å²) in [6.07, 6.45) is 4.67. The van der Waals surface area contributed by atoms with E-state index in [1.165, 1.54) is 18.4 Å². The van der Waals surface area contributed by atoms with Gasteiger partial charge in [0.1, 0.15) is 0 Å². The zero-order valence-corrected chi connectivity index (χ0v) is 7.30. The van der Waals surface area contributed by atoms with Crippen molar-refractivity contribution in [1.82, 2.24) is 5.01 Å². The van der Waals surface area contributed by atoms with Gasteiger partial charge in [-0.3, -0.25) is 0 Å². The van der Waals surface area contributed by atoms with Gasteiger partial charge in [0.15, 0.2) is 0 Å². The number of rotatable bonds is 3. The second kappa shape index (κ2) is 3.09. The van der Waals surface area contributed by atoms with Gasteiger partial charge in [0.25, 0.3) is 0 Å². The van der Waals surface area contributed by atoms with Crippen LogP contribution >= 0.6 is 0 Å². The van der Waals surface area contributed by atoms with Gasteiger partial charge in [-0.05, 0) is 31.8 Å². The number of hydrogen-bond donors (Lipinski definition) is 1. The molecule has 0 saturated heterocycles. The van der Waals surface area contributed by atoms with Crippen LogP contribution in [0.1, 0.15) is 19.8 Å². The number of nitrogens with two attached hydrogens (primary N) is 1. The van der Waals surface area contributed by atoms with Crippen molar-refractivity contribution in [1.29, 1.82) is 0 Å². The molecule has 1 rings (SSSR count). The lowest BCUT2D eigenvalue weighted by molar-refractivity contribution is 0.441. The minimum absolute atomic E-state index is 0.741. The molecule has 0 radical (unpaired) electrons. The van der Waals surface area contributed by atoms with E-state index in [1.807, 2.05) is 14.0 Å². The molecule has 0 spiro atoms. The van der Waals surface area contributed by atoms with E-state index in [-0.39, 0.29) is 0 Å². The summed E-state index contributed by atoms with van der Waals surface area (Å²) >= 11 is 0. The zero-order chi connectivity index (χ0) is 8.43. The molecule has 1 aliphatic carbocycles. The van der Waals surface area contributed by atoms with Crippen LogP contribution in [0.3, 0.4) is 0 Å². The zero-order valence-electron chi connectivity index (χ0n) is 7.30. The van der Waals surface area contributed by atoms with Crippen LogP contribution < -0.4 is 5.84 Å². The predicted molar refractivity (Wildman–Crippen MR) is 47.6 cm³/mol. The minimum Gasteiger partial charge on any atom is -0.318 e. The minimum atomic E-state index is 0.741. The highest BCUT2D eigenvalue weighted by Gasteiger charge is 2.23. The normalized spacial score (nSPS) is 18.3. The van der Waals surface area contributed by atoms with E-state index in [4.69, 9.17) is 5.84 Å². The van der Waals surface area contributed by atoms with Gasteiger partial charge in [0.05, 0.1) is 0 Å².